The fraction of sp³-hybridized carbons (Fsp3) is 0.714. The van der Waals surface area contributed by atoms with Crippen molar-refractivity contribution < 1.29 is 9.53 Å². The molecule has 1 heterocycles. The van der Waals surface area contributed by atoms with Crippen LogP contribution in [0.3, 0.4) is 0 Å². The van der Waals surface area contributed by atoms with E-state index in [9.17, 15) is 4.79 Å². The highest BCUT2D eigenvalue weighted by molar-refractivity contribution is 7.09. The summed E-state index contributed by atoms with van der Waals surface area (Å²) in [5, 5.41) is 9.23. The smallest absolute Gasteiger partial charge is 0.407 e. The Hall–Kier alpha value is -1.14. The van der Waals surface area contributed by atoms with E-state index in [1.54, 1.807) is 11.3 Å². The van der Waals surface area contributed by atoms with Gasteiger partial charge in [0.25, 0.3) is 0 Å². The van der Waals surface area contributed by atoms with E-state index >= 15 is 0 Å². The SMILES string of the molecule is CC[C@@](C)(NCCNC(=O)OC(C)(C)C)c1nccs1. The van der Waals surface area contributed by atoms with Crippen molar-refractivity contribution >= 4 is 17.4 Å². The average molecular weight is 299 g/mol. The van der Waals surface area contributed by atoms with Crippen molar-refractivity contribution in [3.63, 3.8) is 0 Å². The van der Waals surface area contributed by atoms with Gasteiger partial charge in [0, 0.05) is 24.7 Å². The van der Waals surface area contributed by atoms with Crippen molar-refractivity contribution in [3.8, 4) is 0 Å². The molecule has 114 valence electrons. The van der Waals surface area contributed by atoms with Crippen LogP contribution in [0.5, 0.6) is 0 Å². The molecule has 1 amide bonds. The number of carbonyl (C=O) groups excluding carboxylic acids is 1. The first kappa shape index (κ1) is 16.9. The molecule has 0 aliphatic carbocycles. The molecule has 1 aromatic heterocycles. The number of nitrogens with zero attached hydrogens (tertiary/aromatic N) is 1. The zero-order valence-electron chi connectivity index (χ0n) is 12.9. The molecule has 0 saturated heterocycles. The summed E-state index contributed by atoms with van der Waals surface area (Å²) in [5.74, 6) is 0. The van der Waals surface area contributed by atoms with E-state index in [2.05, 4.69) is 29.5 Å². The third-order valence-corrected chi connectivity index (χ3v) is 3.96. The van der Waals surface area contributed by atoms with Crippen LogP contribution in [0.15, 0.2) is 11.6 Å². The Balaban J connectivity index is 2.35. The van der Waals surface area contributed by atoms with E-state index in [1.165, 1.54) is 0 Å². The highest BCUT2D eigenvalue weighted by atomic mass is 32.1. The lowest BCUT2D eigenvalue weighted by Gasteiger charge is -2.27. The van der Waals surface area contributed by atoms with E-state index in [0.717, 1.165) is 11.4 Å². The molecule has 0 saturated carbocycles. The Labute approximate surface area is 125 Å². The quantitative estimate of drug-likeness (QED) is 0.793. The van der Waals surface area contributed by atoms with Crippen molar-refractivity contribution in [1.29, 1.82) is 0 Å². The molecule has 0 fully saturated rings. The lowest BCUT2D eigenvalue weighted by molar-refractivity contribution is 0.0527. The van der Waals surface area contributed by atoms with Gasteiger partial charge in [-0.2, -0.15) is 0 Å². The molecule has 20 heavy (non-hydrogen) atoms. The predicted molar refractivity (Wildman–Crippen MR) is 82.0 cm³/mol. The third kappa shape index (κ3) is 5.46. The molecule has 0 aromatic carbocycles. The summed E-state index contributed by atoms with van der Waals surface area (Å²) in [7, 11) is 0. The van der Waals surface area contributed by atoms with Gasteiger partial charge < -0.3 is 15.4 Å². The number of rotatable bonds is 6. The summed E-state index contributed by atoms with van der Waals surface area (Å²) in [6, 6.07) is 0. The lowest BCUT2D eigenvalue weighted by Crippen LogP contribution is -2.44. The van der Waals surface area contributed by atoms with E-state index in [4.69, 9.17) is 4.74 Å². The first-order valence-corrected chi connectivity index (χ1v) is 7.76. The van der Waals surface area contributed by atoms with Gasteiger partial charge in [0.2, 0.25) is 0 Å². The molecule has 0 bridgehead atoms. The lowest BCUT2D eigenvalue weighted by atomic mass is 10.00. The average Bonchev–Trinajstić information content (AvgIpc) is 2.86. The molecule has 6 heteroatoms. The maximum Gasteiger partial charge on any atom is 0.407 e. The van der Waals surface area contributed by atoms with Gasteiger partial charge in [-0.3, -0.25) is 0 Å². The molecule has 0 spiro atoms. The monoisotopic (exact) mass is 299 g/mol. The molecule has 0 unspecified atom stereocenters. The summed E-state index contributed by atoms with van der Waals surface area (Å²) >= 11 is 1.64. The zero-order valence-corrected chi connectivity index (χ0v) is 13.8. The summed E-state index contributed by atoms with van der Waals surface area (Å²) < 4.78 is 5.18. The Morgan fingerprint density at radius 1 is 1.35 bits per heavy atom. The fourth-order valence-corrected chi connectivity index (χ4v) is 2.51. The molecule has 1 atom stereocenters. The van der Waals surface area contributed by atoms with Gasteiger partial charge in [-0.25, -0.2) is 9.78 Å². The van der Waals surface area contributed by atoms with Crippen LogP contribution in [0, 0.1) is 0 Å². The molecule has 0 radical (unpaired) electrons. The standard InChI is InChI=1S/C14H25N3O2S/c1-6-14(5,11-15-9-10-20-11)17-8-7-16-12(18)19-13(2,3)4/h9-10,17H,6-8H2,1-5H3,(H,16,18)/t14-/m1/s1. The number of nitrogens with one attached hydrogen (secondary N) is 2. The third-order valence-electron chi connectivity index (χ3n) is 2.92. The molecule has 2 N–H and O–H groups in total. The second kappa shape index (κ2) is 7.04. The number of thiazole rings is 1. The number of hydrogen-bond acceptors (Lipinski definition) is 5. The summed E-state index contributed by atoms with van der Waals surface area (Å²) in [5.41, 5.74) is -0.611. The van der Waals surface area contributed by atoms with Crippen LogP contribution < -0.4 is 10.6 Å². The van der Waals surface area contributed by atoms with E-state index in [0.29, 0.717) is 13.1 Å². The minimum absolute atomic E-state index is 0.149. The fourth-order valence-electron chi connectivity index (χ4n) is 1.66. The van der Waals surface area contributed by atoms with Gasteiger partial charge >= 0.3 is 6.09 Å². The first-order valence-electron chi connectivity index (χ1n) is 6.89. The van der Waals surface area contributed by atoms with Gasteiger partial charge in [0.15, 0.2) is 0 Å². The minimum atomic E-state index is -0.462. The molecule has 1 rings (SSSR count). The van der Waals surface area contributed by atoms with Crippen molar-refractivity contribution in [3.05, 3.63) is 16.6 Å². The van der Waals surface area contributed by atoms with Crippen LogP contribution in [-0.2, 0) is 10.3 Å². The largest absolute Gasteiger partial charge is 0.444 e. The van der Waals surface area contributed by atoms with Crippen molar-refractivity contribution in [2.75, 3.05) is 13.1 Å². The Morgan fingerprint density at radius 3 is 2.55 bits per heavy atom. The van der Waals surface area contributed by atoms with Crippen LogP contribution in [-0.4, -0.2) is 29.8 Å². The van der Waals surface area contributed by atoms with Crippen LogP contribution in [0.25, 0.3) is 0 Å². The van der Waals surface area contributed by atoms with Crippen LogP contribution >= 0.6 is 11.3 Å². The number of hydrogen-bond donors (Lipinski definition) is 2. The number of aromatic nitrogens is 1. The van der Waals surface area contributed by atoms with Gasteiger partial charge in [0.05, 0.1) is 5.54 Å². The second-order valence-corrected chi connectivity index (χ2v) is 6.77. The van der Waals surface area contributed by atoms with E-state index < -0.39 is 5.60 Å². The molecular formula is C14H25N3O2S. The van der Waals surface area contributed by atoms with Gasteiger partial charge in [-0.1, -0.05) is 6.92 Å². The normalized spacial score (nSPS) is 14.7. The van der Waals surface area contributed by atoms with Crippen LogP contribution in [0.1, 0.15) is 46.0 Å². The second-order valence-electron chi connectivity index (χ2n) is 5.88. The van der Waals surface area contributed by atoms with Crippen LogP contribution in [0.2, 0.25) is 0 Å². The number of amides is 1. The molecule has 0 aliphatic rings. The molecule has 1 aromatic rings. The summed E-state index contributed by atoms with van der Waals surface area (Å²) in [4.78, 5) is 15.9. The molecular weight excluding hydrogens is 274 g/mol. The first-order chi connectivity index (χ1) is 9.27. The highest BCUT2D eigenvalue weighted by Crippen LogP contribution is 2.25. The maximum atomic E-state index is 11.5. The zero-order chi connectivity index (χ0) is 15.2. The Morgan fingerprint density at radius 2 is 2.05 bits per heavy atom. The highest BCUT2D eigenvalue weighted by Gasteiger charge is 2.26. The van der Waals surface area contributed by atoms with Gasteiger partial charge in [-0.05, 0) is 34.1 Å². The predicted octanol–water partition coefficient (Wildman–Crippen LogP) is 2.88. The van der Waals surface area contributed by atoms with Gasteiger partial charge in [-0.15, -0.1) is 11.3 Å². The van der Waals surface area contributed by atoms with Crippen molar-refractivity contribution in [1.82, 2.24) is 15.6 Å². The topological polar surface area (TPSA) is 63.2 Å². The molecule has 0 aliphatic heterocycles. The Bertz CT molecular complexity index is 415. The maximum absolute atomic E-state index is 11.5. The van der Waals surface area contributed by atoms with Crippen molar-refractivity contribution in [2.45, 2.75) is 52.2 Å². The van der Waals surface area contributed by atoms with E-state index in [-0.39, 0.29) is 11.6 Å². The number of ether oxygens (including phenoxy) is 1. The summed E-state index contributed by atoms with van der Waals surface area (Å²) in [6.45, 7) is 11.0. The van der Waals surface area contributed by atoms with Crippen molar-refractivity contribution in [2.24, 2.45) is 0 Å². The molecule has 5 nitrogen and oxygen atoms in total. The van der Waals surface area contributed by atoms with Gasteiger partial charge in [0.1, 0.15) is 10.6 Å². The number of carbonyl (C=O) groups is 1. The number of alkyl carbamates (subject to hydrolysis) is 1. The van der Waals surface area contributed by atoms with Crippen LogP contribution in [0.4, 0.5) is 4.79 Å². The minimum Gasteiger partial charge on any atom is -0.444 e. The van der Waals surface area contributed by atoms with E-state index in [1.807, 2.05) is 32.3 Å². The Kier molecular flexibility index (Phi) is 5.95. The summed E-state index contributed by atoms with van der Waals surface area (Å²) in [6.07, 6.45) is 2.37.